The highest BCUT2D eigenvalue weighted by Crippen LogP contribution is 2.23. The molecule has 0 radical (unpaired) electrons. The summed E-state index contributed by atoms with van der Waals surface area (Å²) < 4.78 is 12.7. The number of alkyl halides is 1. The van der Waals surface area contributed by atoms with Gasteiger partial charge in [-0.3, -0.25) is 4.79 Å². The molecule has 1 aromatic rings. The van der Waals surface area contributed by atoms with E-state index in [9.17, 15) is 9.18 Å². The van der Waals surface area contributed by atoms with Crippen molar-refractivity contribution in [2.24, 2.45) is 5.73 Å². The Labute approximate surface area is 74.0 Å². The first kappa shape index (κ1) is 9.06. The van der Waals surface area contributed by atoms with Gasteiger partial charge in [0, 0.05) is 4.90 Å². The van der Waals surface area contributed by atoms with Gasteiger partial charge in [0.2, 0.25) is 5.50 Å². The second-order valence-electron chi connectivity index (χ2n) is 2.15. The Hall–Kier alpha value is -1.03. The predicted molar refractivity (Wildman–Crippen MR) is 46.4 cm³/mol. The highest BCUT2D eigenvalue weighted by atomic mass is 32.2. The number of nitrogens with two attached hydrogens (primary N) is 1. The number of amides is 1. The number of benzene rings is 1. The molecule has 4 heteroatoms. The Morgan fingerprint density at radius 3 is 2.50 bits per heavy atom. The van der Waals surface area contributed by atoms with Crippen LogP contribution in [0.2, 0.25) is 0 Å². The first-order chi connectivity index (χ1) is 5.70. The fourth-order valence-electron chi connectivity index (χ4n) is 0.677. The summed E-state index contributed by atoms with van der Waals surface area (Å²) in [4.78, 5) is 11.0. The maximum absolute atomic E-state index is 12.7. The summed E-state index contributed by atoms with van der Waals surface area (Å²) in [5.74, 6) is -0.941. The molecule has 2 nitrogen and oxygen atoms in total. The van der Waals surface area contributed by atoms with E-state index in [4.69, 9.17) is 5.73 Å². The number of hydrogen-bond acceptors (Lipinski definition) is 2. The fourth-order valence-corrected chi connectivity index (χ4v) is 1.35. The van der Waals surface area contributed by atoms with E-state index in [0.717, 1.165) is 11.8 Å². The number of hydrogen-bond donors (Lipinski definition) is 1. The van der Waals surface area contributed by atoms with Crippen LogP contribution in [0.25, 0.3) is 0 Å². The molecule has 0 saturated heterocycles. The van der Waals surface area contributed by atoms with E-state index in [0.29, 0.717) is 4.90 Å². The molecule has 1 unspecified atom stereocenters. The van der Waals surface area contributed by atoms with Crippen molar-refractivity contribution in [3.8, 4) is 0 Å². The van der Waals surface area contributed by atoms with Gasteiger partial charge in [-0.2, -0.15) is 0 Å². The van der Waals surface area contributed by atoms with E-state index < -0.39 is 11.4 Å². The average Bonchev–Trinajstić information content (AvgIpc) is 2.06. The van der Waals surface area contributed by atoms with Crippen molar-refractivity contribution in [1.82, 2.24) is 0 Å². The smallest absolute Gasteiger partial charge is 0.262 e. The monoisotopic (exact) mass is 185 g/mol. The molecule has 12 heavy (non-hydrogen) atoms. The average molecular weight is 185 g/mol. The SMILES string of the molecule is NC(=O)C(F)Sc1ccccc1. The molecule has 0 heterocycles. The third kappa shape index (κ3) is 2.54. The number of rotatable bonds is 3. The maximum Gasteiger partial charge on any atom is 0.262 e. The molecule has 1 rings (SSSR count). The molecule has 0 aromatic heterocycles. The minimum absolute atomic E-state index is 0.698. The van der Waals surface area contributed by atoms with Gasteiger partial charge in [0.25, 0.3) is 5.91 Å². The summed E-state index contributed by atoms with van der Waals surface area (Å²) in [6, 6.07) is 8.81. The molecule has 0 fully saturated rings. The molecular formula is C8H8FNOS. The van der Waals surface area contributed by atoms with E-state index in [1.165, 1.54) is 0 Å². The summed E-state index contributed by atoms with van der Waals surface area (Å²) in [5, 5.41) is 0. The lowest BCUT2D eigenvalue weighted by Crippen LogP contribution is -2.21. The molecule has 0 bridgehead atoms. The van der Waals surface area contributed by atoms with E-state index in [1.807, 2.05) is 6.07 Å². The third-order valence-electron chi connectivity index (χ3n) is 1.21. The quantitative estimate of drug-likeness (QED) is 0.726. The second kappa shape index (κ2) is 4.11. The molecule has 0 spiro atoms. The molecule has 0 aliphatic heterocycles. The van der Waals surface area contributed by atoms with Crippen molar-refractivity contribution in [2.75, 3.05) is 0 Å². The van der Waals surface area contributed by atoms with Crippen molar-refractivity contribution < 1.29 is 9.18 Å². The van der Waals surface area contributed by atoms with Crippen LogP contribution in [0.3, 0.4) is 0 Å². The van der Waals surface area contributed by atoms with Crippen LogP contribution in [0, 0.1) is 0 Å². The van der Waals surface area contributed by atoms with Gasteiger partial charge >= 0.3 is 0 Å². The predicted octanol–water partition coefficient (Wildman–Crippen LogP) is 1.56. The van der Waals surface area contributed by atoms with Gasteiger partial charge in [-0.15, -0.1) is 0 Å². The summed E-state index contributed by atoms with van der Waals surface area (Å²) in [7, 11) is 0. The van der Waals surface area contributed by atoms with E-state index >= 15 is 0 Å². The minimum atomic E-state index is -1.66. The van der Waals surface area contributed by atoms with Crippen LogP contribution in [0.4, 0.5) is 4.39 Å². The number of halogens is 1. The number of carbonyl (C=O) groups excluding carboxylic acids is 1. The van der Waals surface area contributed by atoms with Gasteiger partial charge in [-0.05, 0) is 12.1 Å². The lowest BCUT2D eigenvalue weighted by Gasteiger charge is -2.02. The van der Waals surface area contributed by atoms with Crippen LogP contribution in [0.5, 0.6) is 0 Å². The molecular weight excluding hydrogens is 177 g/mol. The first-order valence-corrected chi connectivity index (χ1v) is 4.23. The summed E-state index contributed by atoms with van der Waals surface area (Å²) in [6.45, 7) is 0. The standard InChI is InChI=1S/C8H8FNOS/c9-7(8(10)11)12-6-4-2-1-3-5-6/h1-5,7H,(H2,10,11). The topological polar surface area (TPSA) is 43.1 Å². The molecule has 0 aliphatic carbocycles. The molecule has 0 aliphatic rings. The van der Waals surface area contributed by atoms with Gasteiger partial charge in [0.1, 0.15) is 0 Å². The number of carbonyl (C=O) groups is 1. The van der Waals surface area contributed by atoms with Crippen molar-refractivity contribution in [3.63, 3.8) is 0 Å². The van der Waals surface area contributed by atoms with Crippen molar-refractivity contribution in [2.45, 2.75) is 10.4 Å². The van der Waals surface area contributed by atoms with Crippen LogP contribution in [0.1, 0.15) is 0 Å². The van der Waals surface area contributed by atoms with E-state index in [-0.39, 0.29) is 0 Å². The highest BCUT2D eigenvalue weighted by molar-refractivity contribution is 8.00. The molecule has 1 amide bonds. The van der Waals surface area contributed by atoms with Crippen molar-refractivity contribution in [1.29, 1.82) is 0 Å². The van der Waals surface area contributed by atoms with E-state index in [1.54, 1.807) is 24.3 Å². The number of primary amides is 1. The Morgan fingerprint density at radius 2 is 2.00 bits per heavy atom. The zero-order chi connectivity index (χ0) is 8.97. The molecule has 2 N–H and O–H groups in total. The lowest BCUT2D eigenvalue weighted by atomic mass is 10.4. The van der Waals surface area contributed by atoms with Crippen LogP contribution in [-0.2, 0) is 4.79 Å². The molecule has 1 aromatic carbocycles. The van der Waals surface area contributed by atoms with Crippen molar-refractivity contribution in [3.05, 3.63) is 30.3 Å². The summed E-state index contributed by atoms with van der Waals surface area (Å²) in [6.07, 6.45) is 0. The zero-order valence-corrected chi connectivity index (χ0v) is 7.05. The summed E-state index contributed by atoms with van der Waals surface area (Å²) in [5.41, 5.74) is 3.09. The molecule has 0 saturated carbocycles. The van der Waals surface area contributed by atoms with Crippen LogP contribution in [0.15, 0.2) is 35.2 Å². The van der Waals surface area contributed by atoms with Crippen LogP contribution in [-0.4, -0.2) is 11.4 Å². The maximum atomic E-state index is 12.7. The zero-order valence-electron chi connectivity index (χ0n) is 6.24. The fraction of sp³-hybridized carbons (Fsp3) is 0.125. The van der Waals surface area contributed by atoms with Gasteiger partial charge < -0.3 is 5.73 Å². The highest BCUT2D eigenvalue weighted by Gasteiger charge is 2.13. The first-order valence-electron chi connectivity index (χ1n) is 3.35. The van der Waals surface area contributed by atoms with Gasteiger partial charge in [-0.25, -0.2) is 4.39 Å². The normalized spacial score (nSPS) is 12.4. The number of thioether (sulfide) groups is 1. The largest absolute Gasteiger partial charge is 0.366 e. The molecule has 1 atom stereocenters. The summed E-state index contributed by atoms with van der Waals surface area (Å²) >= 11 is 0.810. The Morgan fingerprint density at radius 1 is 1.42 bits per heavy atom. The molecule has 64 valence electrons. The Balaban J connectivity index is 2.58. The van der Waals surface area contributed by atoms with Gasteiger partial charge in [-0.1, -0.05) is 30.0 Å². The van der Waals surface area contributed by atoms with E-state index in [2.05, 4.69) is 0 Å². The van der Waals surface area contributed by atoms with Crippen LogP contribution < -0.4 is 5.73 Å². The Bertz CT molecular complexity index is 265. The van der Waals surface area contributed by atoms with Gasteiger partial charge in [0.15, 0.2) is 0 Å². The third-order valence-corrected chi connectivity index (χ3v) is 2.19. The van der Waals surface area contributed by atoms with Crippen molar-refractivity contribution >= 4 is 17.7 Å². The Kier molecular flexibility index (Phi) is 3.10. The van der Waals surface area contributed by atoms with Gasteiger partial charge in [0.05, 0.1) is 0 Å². The second-order valence-corrected chi connectivity index (χ2v) is 3.27. The minimum Gasteiger partial charge on any atom is -0.366 e. The van der Waals surface area contributed by atoms with Crippen LogP contribution >= 0.6 is 11.8 Å². The lowest BCUT2D eigenvalue weighted by molar-refractivity contribution is -0.119.